The third-order valence-electron chi connectivity index (χ3n) is 4.62. The number of hydrogen-bond acceptors (Lipinski definition) is 6. The van der Waals surface area contributed by atoms with E-state index in [1.807, 2.05) is 31.2 Å². The van der Waals surface area contributed by atoms with Gasteiger partial charge in [0.1, 0.15) is 16.4 Å². The van der Waals surface area contributed by atoms with Gasteiger partial charge in [0.05, 0.1) is 23.4 Å². The van der Waals surface area contributed by atoms with Crippen molar-refractivity contribution in [3.05, 3.63) is 93.8 Å². The van der Waals surface area contributed by atoms with Gasteiger partial charge in [-0.3, -0.25) is 4.79 Å². The topological polar surface area (TPSA) is 77.0 Å². The first-order valence-corrected chi connectivity index (χ1v) is 11.3. The van der Waals surface area contributed by atoms with Crippen LogP contribution in [0.2, 0.25) is 5.02 Å². The van der Waals surface area contributed by atoms with Crippen LogP contribution in [0.15, 0.2) is 77.9 Å². The van der Waals surface area contributed by atoms with Gasteiger partial charge in [-0.05, 0) is 55.0 Å². The fourth-order valence-corrected chi connectivity index (χ4v) is 4.47. The van der Waals surface area contributed by atoms with Crippen molar-refractivity contribution >= 4 is 51.1 Å². The number of esters is 1. The average Bonchev–Trinajstić information content (AvgIpc) is 3.17. The van der Waals surface area contributed by atoms with Crippen LogP contribution in [0, 0.1) is 0 Å². The van der Waals surface area contributed by atoms with Crippen molar-refractivity contribution in [2.45, 2.75) is 6.92 Å². The molecule has 3 aromatic carbocycles. The maximum Gasteiger partial charge on any atom is 0.355 e. The Morgan fingerprint density at radius 2 is 1.76 bits per heavy atom. The Labute approximate surface area is 199 Å². The Balaban J connectivity index is 1.38. The Morgan fingerprint density at radius 1 is 1.03 bits per heavy atom. The molecule has 0 spiro atoms. The minimum atomic E-state index is -0.511. The van der Waals surface area contributed by atoms with Crippen molar-refractivity contribution in [2.24, 2.45) is 5.10 Å². The highest BCUT2D eigenvalue weighted by Crippen LogP contribution is 2.35. The number of nitrogens with zero attached hydrogens (tertiary/aromatic N) is 1. The van der Waals surface area contributed by atoms with Crippen LogP contribution in [0.4, 0.5) is 0 Å². The van der Waals surface area contributed by atoms with E-state index >= 15 is 0 Å². The molecule has 1 aromatic heterocycles. The smallest absolute Gasteiger partial charge is 0.355 e. The molecule has 1 heterocycles. The molecule has 1 N–H and O–H groups in total. The number of amides is 1. The van der Waals surface area contributed by atoms with Crippen molar-refractivity contribution in [3.63, 3.8) is 0 Å². The maximum atomic E-state index is 12.6. The minimum absolute atomic E-state index is 0.360. The molecule has 166 valence electrons. The van der Waals surface area contributed by atoms with Crippen LogP contribution >= 0.6 is 22.9 Å². The summed E-state index contributed by atoms with van der Waals surface area (Å²) in [6.45, 7) is 2.31. The van der Waals surface area contributed by atoms with E-state index in [0.717, 1.165) is 10.1 Å². The van der Waals surface area contributed by atoms with Gasteiger partial charge in [-0.2, -0.15) is 5.10 Å². The van der Waals surface area contributed by atoms with Gasteiger partial charge < -0.3 is 9.47 Å². The second kappa shape index (κ2) is 10.3. The molecule has 4 aromatic rings. The van der Waals surface area contributed by atoms with Crippen LogP contribution in [0.25, 0.3) is 10.1 Å². The molecule has 0 bridgehead atoms. The second-order valence-electron chi connectivity index (χ2n) is 6.83. The van der Waals surface area contributed by atoms with Crippen molar-refractivity contribution < 1.29 is 19.1 Å². The molecule has 0 aliphatic rings. The molecule has 33 heavy (non-hydrogen) atoms. The zero-order valence-electron chi connectivity index (χ0n) is 17.6. The van der Waals surface area contributed by atoms with E-state index in [4.69, 9.17) is 21.1 Å². The lowest BCUT2D eigenvalue weighted by atomic mass is 10.2. The Kier molecular flexibility index (Phi) is 7.02. The predicted octanol–water partition coefficient (Wildman–Crippen LogP) is 5.94. The quantitative estimate of drug-likeness (QED) is 0.154. The number of benzene rings is 3. The fraction of sp³-hybridized carbons (Fsp3) is 0.0800. The Morgan fingerprint density at radius 3 is 2.52 bits per heavy atom. The van der Waals surface area contributed by atoms with Crippen molar-refractivity contribution in [1.82, 2.24) is 5.43 Å². The molecule has 0 saturated carbocycles. The molecular weight excluding hydrogens is 460 g/mol. The van der Waals surface area contributed by atoms with E-state index in [1.165, 1.54) is 17.6 Å². The SMILES string of the molecule is CCOc1ccccc1C(=O)NN=Cc1ccc(OC(=O)c2sc3ccccc3c2Cl)cc1. The number of nitrogens with one attached hydrogen (secondary N) is 1. The van der Waals surface area contributed by atoms with Crippen LogP contribution in [-0.4, -0.2) is 24.7 Å². The second-order valence-corrected chi connectivity index (χ2v) is 8.26. The number of hydrogen-bond donors (Lipinski definition) is 1. The maximum absolute atomic E-state index is 12.6. The molecule has 4 rings (SSSR count). The van der Waals surface area contributed by atoms with Gasteiger partial charge in [-0.1, -0.05) is 41.9 Å². The number of para-hydroxylation sites is 1. The van der Waals surface area contributed by atoms with Gasteiger partial charge >= 0.3 is 5.97 Å². The summed E-state index contributed by atoms with van der Waals surface area (Å²) in [5, 5.41) is 5.21. The number of ether oxygens (including phenoxy) is 2. The summed E-state index contributed by atoms with van der Waals surface area (Å²) in [4.78, 5) is 25.3. The summed E-state index contributed by atoms with van der Waals surface area (Å²) in [7, 11) is 0. The summed E-state index contributed by atoms with van der Waals surface area (Å²) in [5.74, 6) is -0.0122. The molecule has 6 nitrogen and oxygen atoms in total. The van der Waals surface area contributed by atoms with E-state index in [9.17, 15) is 9.59 Å². The summed E-state index contributed by atoms with van der Waals surface area (Å²) in [5.41, 5.74) is 3.60. The zero-order valence-corrected chi connectivity index (χ0v) is 19.2. The molecule has 0 unspecified atom stereocenters. The summed E-state index contributed by atoms with van der Waals surface area (Å²) in [6.07, 6.45) is 1.50. The van der Waals surface area contributed by atoms with Crippen LogP contribution in [0.3, 0.4) is 0 Å². The third kappa shape index (κ3) is 5.22. The average molecular weight is 479 g/mol. The number of carbonyl (C=O) groups excluding carboxylic acids is 2. The van der Waals surface area contributed by atoms with E-state index in [1.54, 1.807) is 48.5 Å². The number of hydrazone groups is 1. The monoisotopic (exact) mass is 478 g/mol. The van der Waals surface area contributed by atoms with Gasteiger partial charge in [0.15, 0.2) is 0 Å². The molecule has 1 amide bonds. The Bertz CT molecular complexity index is 1330. The van der Waals surface area contributed by atoms with Crippen LogP contribution in [0.5, 0.6) is 11.5 Å². The van der Waals surface area contributed by atoms with Crippen LogP contribution in [0.1, 0.15) is 32.5 Å². The number of halogens is 1. The highest BCUT2D eigenvalue weighted by Gasteiger charge is 2.19. The lowest BCUT2D eigenvalue weighted by Crippen LogP contribution is -2.18. The number of fused-ring (bicyclic) bond motifs is 1. The van der Waals surface area contributed by atoms with E-state index in [0.29, 0.717) is 39.1 Å². The highest BCUT2D eigenvalue weighted by molar-refractivity contribution is 7.21. The number of carbonyl (C=O) groups is 2. The normalized spacial score (nSPS) is 11.0. The third-order valence-corrected chi connectivity index (χ3v) is 6.28. The van der Waals surface area contributed by atoms with E-state index in [-0.39, 0.29) is 5.91 Å². The zero-order chi connectivity index (χ0) is 23.2. The molecule has 0 saturated heterocycles. The molecule has 8 heteroatoms. The summed E-state index contributed by atoms with van der Waals surface area (Å²) >= 11 is 7.64. The van der Waals surface area contributed by atoms with E-state index in [2.05, 4.69) is 10.5 Å². The molecule has 0 aliphatic heterocycles. The first kappa shape index (κ1) is 22.5. The van der Waals surface area contributed by atoms with Gasteiger partial charge in [-0.25, -0.2) is 10.2 Å². The largest absolute Gasteiger partial charge is 0.493 e. The van der Waals surface area contributed by atoms with Crippen LogP contribution < -0.4 is 14.9 Å². The van der Waals surface area contributed by atoms with Gasteiger partial charge in [0.25, 0.3) is 5.91 Å². The molecular formula is C25H19ClN2O4S. The molecule has 0 atom stereocenters. The van der Waals surface area contributed by atoms with E-state index < -0.39 is 5.97 Å². The first-order valence-electron chi connectivity index (χ1n) is 10.1. The van der Waals surface area contributed by atoms with Crippen molar-refractivity contribution in [3.8, 4) is 11.5 Å². The number of thiophene rings is 1. The van der Waals surface area contributed by atoms with Crippen molar-refractivity contribution in [2.75, 3.05) is 6.61 Å². The van der Waals surface area contributed by atoms with Gasteiger partial charge in [-0.15, -0.1) is 11.3 Å². The molecule has 0 fully saturated rings. The van der Waals surface area contributed by atoms with Gasteiger partial charge in [0, 0.05) is 10.1 Å². The van der Waals surface area contributed by atoms with Crippen LogP contribution in [-0.2, 0) is 0 Å². The lowest BCUT2D eigenvalue weighted by molar-refractivity contribution is 0.0739. The Hall–Kier alpha value is -3.68. The first-order chi connectivity index (χ1) is 16.1. The summed E-state index contributed by atoms with van der Waals surface area (Å²) in [6, 6.07) is 21.2. The summed E-state index contributed by atoms with van der Waals surface area (Å²) < 4.78 is 11.8. The lowest BCUT2D eigenvalue weighted by Gasteiger charge is -2.08. The van der Waals surface area contributed by atoms with Gasteiger partial charge in [0.2, 0.25) is 0 Å². The highest BCUT2D eigenvalue weighted by atomic mass is 35.5. The standard InChI is InChI=1S/C25H19ClN2O4S/c1-2-31-20-9-5-3-7-18(20)24(29)28-27-15-16-11-13-17(14-12-16)32-25(30)23-22(26)19-8-4-6-10-21(19)33-23/h3-15H,2H2,1H3,(H,28,29). The number of rotatable bonds is 7. The fourth-order valence-electron chi connectivity index (χ4n) is 3.08. The molecule has 0 aliphatic carbocycles. The minimum Gasteiger partial charge on any atom is -0.493 e. The predicted molar refractivity (Wildman–Crippen MR) is 131 cm³/mol. The van der Waals surface area contributed by atoms with Crippen molar-refractivity contribution in [1.29, 1.82) is 0 Å². The molecule has 0 radical (unpaired) electrons.